The Bertz CT molecular complexity index is 450. The first-order chi connectivity index (χ1) is 8.01. The Morgan fingerprint density at radius 1 is 1.35 bits per heavy atom. The topological polar surface area (TPSA) is 46.5 Å². The highest BCUT2D eigenvalue weighted by molar-refractivity contribution is 5.93. The van der Waals surface area contributed by atoms with Gasteiger partial charge in [-0.05, 0) is 25.5 Å². The van der Waals surface area contributed by atoms with Gasteiger partial charge in [0, 0.05) is 6.42 Å². The predicted octanol–water partition coefficient (Wildman–Crippen LogP) is 1.85. The van der Waals surface area contributed by atoms with Crippen molar-refractivity contribution in [2.24, 2.45) is 0 Å². The SMILES string of the molecule is CC1=CC(O)C(=O)C(C)(Cc2ccccc2)O1. The number of benzene rings is 1. The lowest BCUT2D eigenvalue weighted by Gasteiger charge is -2.34. The molecule has 0 bridgehead atoms. The summed E-state index contributed by atoms with van der Waals surface area (Å²) in [5.41, 5.74) is 0.0461. The van der Waals surface area contributed by atoms with Crippen LogP contribution in [0.25, 0.3) is 0 Å². The number of Topliss-reactive ketones (excluding diaryl/α,β-unsaturated/α-hetero) is 1. The maximum Gasteiger partial charge on any atom is 0.208 e. The van der Waals surface area contributed by atoms with Gasteiger partial charge in [-0.15, -0.1) is 0 Å². The summed E-state index contributed by atoms with van der Waals surface area (Å²) in [4.78, 5) is 12.0. The summed E-state index contributed by atoms with van der Waals surface area (Å²) in [5.74, 6) is 0.308. The molecule has 2 atom stereocenters. The van der Waals surface area contributed by atoms with Crippen molar-refractivity contribution in [3.05, 3.63) is 47.7 Å². The molecule has 1 aromatic rings. The van der Waals surface area contributed by atoms with Crippen molar-refractivity contribution in [3.63, 3.8) is 0 Å². The molecule has 1 N–H and O–H groups in total. The van der Waals surface area contributed by atoms with Crippen molar-refractivity contribution in [1.82, 2.24) is 0 Å². The molecular weight excluding hydrogens is 216 g/mol. The van der Waals surface area contributed by atoms with E-state index in [1.54, 1.807) is 13.8 Å². The standard InChI is InChI=1S/C14H16O3/c1-10-8-12(15)13(16)14(2,17-10)9-11-6-4-3-5-7-11/h3-8,12,15H,9H2,1-2H3. The zero-order valence-corrected chi connectivity index (χ0v) is 10.0. The lowest BCUT2D eigenvalue weighted by atomic mass is 9.87. The van der Waals surface area contributed by atoms with E-state index in [1.165, 1.54) is 6.08 Å². The van der Waals surface area contributed by atoms with E-state index in [0.29, 0.717) is 12.2 Å². The van der Waals surface area contributed by atoms with Crippen LogP contribution in [0.1, 0.15) is 19.4 Å². The third-order valence-corrected chi connectivity index (χ3v) is 2.95. The quantitative estimate of drug-likeness (QED) is 0.846. The zero-order valence-electron chi connectivity index (χ0n) is 10.0. The van der Waals surface area contributed by atoms with Gasteiger partial charge in [-0.3, -0.25) is 4.79 Å². The van der Waals surface area contributed by atoms with Gasteiger partial charge in [0.1, 0.15) is 6.10 Å². The number of aliphatic hydroxyl groups excluding tert-OH is 1. The van der Waals surface area contributed by atoms with E-state index in [0.717, 1.165) is 5.56 Å². The summed E-state index contributed by atoms with van der Waals surface area (Å²) in [5, 5.41) is 9.66. The van der Waals surface area contributed by atoms with Crippen molar-refractivity contribution in [3.8, 4) is 0 Å². The van der Waals surface area contributed by atoms with E-state index < -0.39 is 11.7 Å². The van der Waals surface area contributed by atoms with E-state index in [9.17, 15) is 9.90 Å². The van der Waals surface area contributed by atoms with Crippen LogP contribution in [0.5, 0.6) is 0 Å². The van der Waals surface area contributed by atoms with Crippen molar-refractivity contribution >= 4 is 5.78 Å². The number of ether oxygens (including phenoxy) is 1. The number of rotatable bonds is 2. The highest BCUT2D eigenvalue weighted by atomic mass is 16.5. The van der Waals surface area contributed by atoms with Gasteiger partial charge < -0.3 is 9.84 Å². The van der Waals surface area contributed by atoms with Gasteiger partial charge in [0.15, 0.2) is 5.60 Å². The third-order valence-electron chi connectivity index (χ3n) is 2.95. The minimum absolute atomic E-state index is 0.285. The monoisotopic (exact) mass is 232 g/mol. The summed E-state index contributed by atoms with van der Waals surface area (Å²) < 4.78 is 5.61. The van der Waals surface area contributed by atoms with Gasteiger partial charge in [-0.2, -0.15) is 0 Å². The number of hydrogen-bond acceptors (Lipinski definition) is 3. The van der Waals surface area contributed by atoms with Crippen molar-refractivity contribution in [2.75, 3.05) is 0 Å². The van der Waals surface area contributed by atoms with Gasteiger partial charge in [-0.25, -0.2) is 0 Å². The van der Waals surface area contributed by atoms with Crippen LogP contribution in [0.2, 0.25) is 0 Å². The normalized spacial score (nSPS) is 28.5. The minimum atomic E-state index is -1.06. The van der Waals surface area contributed by atoms with Crippen molar-refractivity contribution < 1.29 is 14.6 Å². The van der Waals surface area contributed by atoms with E-state index >= 15 is 0 Å². The Balaban J connectivity index is 2.25. The minimum Gasteiger partial charge on any atom is -0.484 e. The summed E-state index contributed by atoms with van der Waals surface area (Å²) >= 11 is 0. The first kappa shape index (κ1) is 11.9. The molecular formula is C14H16O3. The molecule has 3 nitrogen and oxygen atoms in total. The number of carbonyl (C=O) groups is 1. The fourth-order valence-corrected chi connectivity index (χ4v) is 2.16. The molecule has 0 amide bonds. The number of aliphatic hydroxyl groups is 1. The van der Waals surface area contributed by atoms with Crippen LogP contribution in [-0.2, 0) is 16.0 Å². The Kier molecular flexibility index (Phi) is 3.03. The highest BCUT2D eigenvalue weighted by Gasteiger charge is 2.41. The van der Waals surface area contributed by atoms with E-state index in [2.05, 4.69) is 0 Å². The third kappa shape index (κ3) is 2.39. The van der Waals surface area contributed by atoms with Gasteiger partial charge in [0.2, 0.25) is 5.78 Å². The molecule has 0 saturated carbocycles. The molecule has 17 heavy (non-hydrogen) atoms. The Hall–Kier alpha value is -1.61. The van der Waals surface area contributed by atoms with Crippen LogP contribution >= 0.6 is 0 Å². The van der Waals surface area contributed by atoms with Gasteiger partial charge in [0.05, 0.1) is 5.76 Å². The molecule has 1 heterocycles. The second-order valence-corrected chi connectivity index (χ2v) is 4.58. The van der Waals surface area contributed by atoms with E-state index in [1.807, 2.05) is 30.3 Å². The van der Waals surface area contributed by atoms with Gasteiger partial charge in [-0.1, -0.05) is 30.3 Å². The molecule has 0 fully saturated rings. The summed E-state index contributed by atoms with van der Waals surface area (Å²) in [6.07, 6.45) is 0.849. The first-order valence-corrected chi connectivity index (χ1v) is 5.65. The lowest BCUT2D eigenvalue weighted by molar-refractivity contribution is -0.147. The summed E-state index contributed by atoms with van der Waals surface area (Å²) in [6.45, 7) is 3.47. The second kappa shape index (κ2) is 4.34. The zero-order chi connectivity index (χ0) is 12.5. The van der Waals surface area contributed by atoms with E-state index in [-0.39, 0.29) is 5.78 Å². The molecule has 0 radical (unpaired) electrons. The fourth-order valence-electron chi connectivity index (χ4n) is 2.16. The molecule has 1 aromatic carbocycles. The smallest absolute Gasteiger partial charge is 0.208 e. The maximum absolute atomic E-state index is 12.0. The molecule has 2 rings (SSSR count). The molecule has 0 saturated heterocycles. The Morgan fingerprint density at radius 2 is 2.00 bits per heavy atom. The molecule has 0 aromatic heterocycles. The summed E-state index contributed by atoms with van der Waals surface area (Å²) in [6, 6.07) is 9.66. The van der Waals surface area contributed by atoms with E-state index in [4.69, 9.17) is 4.74 Å². The highest BCUT2D eigenvalue weighted by Crippen LogP contribution is 2.27. The Morgan fingerprint density at radius 3 is 2.65 bits per heavy atom. The number of hydrogen-bond donors (Lipinski definition) is 1. The van der Waals surface area contributed by atoms with Gasteiger partial charge in [0.25, 0.3) is 0 Å². The molecule has 90 valence electrons. The molecule has 2 unspecified atom stereocenters. The van der Waals surface area contributed by atoms with Crippen LogP contribution in [0.4, 0.5) is 0 Å². The molecule has 1 aliphatic heterocycles. The molecule has 1 aliphatic rings. The van der Waals surface area contributed by atoms with Crippen LogP contribution in [-0.4, -0.2) is 22.6 Å². The van der Waals surface area contributed by atoms with Gasteiger partial charge >= 0.3 is 0 Å². The predicted molar refractivity (Wildman–Crippen MR) is 64.4 cm³/mol. The van der Waals surface area contributed by atoms with Crippen molar-refractivity contribution in [2.45, 2.75) is 32.0 Å². The van der Waals surface area contributed by atoms with Crippen LogP contribution in [0.3, 0.4) is 0 Å². The molecule has 0 spiro atoms. The lowest BCUT2D eigenvalue weighted by Crippen LogP contribution is -2.48. The average Bonchev–Trinajstić information content (AvgIpc) is 2.27. The molecule has 3 heteroatoms. The van der Waals surface area contributed by atoms with Crippen LogP contribution in [0.15, 0.2) is 42.2 Å². The average molecular weight is 232 g/mol. The number of carbonyl (C=O) groups excluding carboxylic acids is 1. The van der Waals surface area contributed by atoms with Crippen LogP contribution < -0.4 is 0 Å². The first-order valence-electron chi connectivity index (χ1n) is 5.65. The largest absolute Gasteiger partial charge is 0.484 e. The van der Waals surface area contributed by atoms with Crippen molar-refractivity contribution in [1.29, 1.82) is 0 Å². The number of allylic oxidation sites excluding steroid dienone is 1. The van der Waals surface area contributed by atoms with Crippen LogP contribution in [0, 0.1) is 0 Å². The number of ketones is 1. The maximum atomic E-state index is 12.0. The Labute approximate surface area is 101 Å². The second-order valence-electron chi connectivity index (χ2n) is 4.58. The summed E-state index contributed by atoms with van der Waals surface area (Å²) in [7, 11) is 0. The molecule has 0 aliphatic carbocycles. The fraction of sp³-hybridized carbons (Fsp3) is 0.357.